The number of hydrogen-bond donors (Lipinski definition) is 0. The first kappa shape index (κ1) is 13.3. The lowest BCUT2D eigenvalue weighted by molar-refractivity contribution is -0.140. The van der Waals surface area contributed by atoms with Crippen LogP contribution in [0, 0.1) is 5.82 Å². The van der Waals surface area contributed by atoms with E-state index < -0.39 is 0 Å². The number of benzene rings is 1. The van der Waals surface area contributed by atoms with Crippen LogP contribution in [0.1, 0.15) is 43.7 Å². The van der Waals surface area contributed by atoms with Gasteiger partial charge in [0.25, 0.3) is 0 Å². The second-order valence-corrected chi connectivity index (χ2v) is 6.92. The molecule has 0 aromatic heterocycles. The quantitative estimate of drug-likeness (QED) is 0.541. The maximum atomic E-state index is 14.0. The Hall–Kier alpha value is -0.650. The number of alkyl halides is 1. The van der Waals surface area contributed by atoms with E-state index in [9.17, 15) is 9.18 Å². The normalized spacial score (nSPS) is 31.2. The molecule has 3 rings (SSSR count). The van der Waals surface area contributed by atoms with E-state index in [0.29, 0.717) is 11.6 Å². The van der Waals surface area contributed by atoms with Crippen LogP contribution in [-0.4, -0.2) is 20.8 Å². The van der Waals surface area contributed by atoms with Gasteiger partial charge in [-0.05, 0) is 38.2 Å². The minimum Gasteiger partial charge on any atom is -0.332 e. The van der Waals surface area contributed by atoms with Gasteiger partial charge in [-0.2, -0.15) is 0 Å². The number of halogens is 2. The predicted molar refractivity (Wildman–Crippen MR) is 80.7 cm³/mol. The van der Waals surface area contributed by atoms with E-state index in [-0.39, 0.29) is 21.7 Å². The fraction of sp³-hybridized carbons (Fsp3) is 0.533. The molecule has 2 heterocycles. The lowest BCUT2D eigenvalue weighted by Gasteiger charge is -2.46. The SMILES string of the molecule is O=C1C(I)CC[C@@H]2CCC[C@H](c3ccccc3F)N12. The van der Waals surface area contributed by atoms with Crippen molar-refractivity contribution in [2.75, 3.05) is 0 Å². The monoisotopic (exact) mass is 373 g/mol. The first-order chi connectivity index (χ1) is 9.18. The lowest BCUT2D eigenvalue weighted by Crippen LogP contribution is -2.52. The molecule has 102 valence electrons. The van der Waals surface area contributed by atoms with E-state index in [2.05, 4.69) is 22.6 Å². The van der Waals surface area contributed by atoms with Crippen LogP contribution in [0.3, 0.4) is 0 Å². The Morgan fingerprint density at radius 2 is 1.95 bits per heavy atom. The molecule has 2 saturated heterocycles. The molecule has 2 nitrogen and oxygen atoms in total. The van der Waals surface area contributed by atoms with Crippen molar-refractivity contribution in [3.05, 3.63) is 35.6 Å². The van der Waals surface area contributed by atoms with Crippen LogP contribution in [0.5, 0.6) is 0 Å². The number of nitrogens with zero attached hydrogens (tertiary/aromatic N) is 1. The van der Waals surface area contributed by atoms with E-state index in [1.165, 1.54) is 6.07 Å². The zero-order chi connectivity index (χ0) is 13.4. The van der Waals surface area contributed by atoms with Gasteiger partial charge >= 0.3 is 0 Å². The molecule has 1 aromatic carbocycles. The van der Waals surface area contributed by atoms with Crippen molar-refractivity contribution in [2.24, 2.45) is 0 Å². The highest BCUT2D eigenvalue weighted by Crippen LogP contribution is 2.41. The molecule has 0 bridgehead atoms. The molecule has 2 fully saturated rings. The number of hydrogen-bond acceptors (Lipinski definition) is 1. The molecule has 19 heavy (non-hydrogen) atoms. The van der Waals surface area contributed by atoms with E-state index in [1.807, 2.05) is 17.0 Å². The number of fused-ring (bicyclic) bond motifs is 1. The number of piperidine rings is 2. The smallest absolute Gasteiger partial charge is 0.236 e. The molecule has 4 heteroatoms. The maximum Gasteiger partial charge on any atom is 0.236 e. The van der Waals surface area contributed by atoms with Crippen molar-refractivity contribution in [3.63, 3.8) is 0 Å². The molecular weight excluding hydrogens is 356 g/mol. The Balaban J connectivity index is 1.96. The highest BCUT2D eigenvalue weighted by molar-refractivity contribution is 14.1. The molecule has 1 amide bonds. The highest BCUT2D eigenvalue weighted by atomic mass is 127. The summed E-state index contributed by atoms with van der Waals surface area (Å²) in [5.74, 6) is 0.0151. The van der Waals surface area contributed by atoms with Gasteiger partial charge in [-0.15, -0.1) is 0 Å². The Bertz CT molecular complexity index is 493. The molecule has 1 unspecified atom stereocenters. The van der Waals surface area contributed by atoms with Gasteiger partial charge in [0.2, 0.25) is 5.91 Å². The molecule has 1 aromatic rings. The zero-order valence-electron chi connectivity index (χ0n) is 10.7. The minimum absolute atomic E-state index is 0.0567. The van der Waals surface area contributed by atoms with Crippen molar-refractivity contribution in [2.45, 2.75) is 48.1 Å². The fourth-order valence-electron chi connectivity index (χ4n) is 3.37. The van der Waals surface area contributed by atoms with E-state index in [1.54, 1.807) is 6.07 Å². The molecule has 0 spiro atoms. The van der Waals surface area contributed by atoms with Crippen LogP contribution in [0.2, 0.25) is 0 Å². The lowest BCUT2D eigenvalue weighted by atomic mass is 9.85. The Morgan fingerprint density at radius 1 is 1.16 bits per heavy atom. The van der Waals surface area contributed by atoms with Gasteiger partial charge in [0.15, 0.2) is 0 Å². The van der Waals surface area contributed by atoms with Gasteiger partial charge in [0.05, 0.1) is 9.97 Å². The number of amides is 1. The van der Waals surface area contributed by atoms with Gasteiger partial charge in [0, 0.05) is 11.6 Å². The van der Waals surface area contributed by atoms with Gasteiger partial charge in [-0.3, -0.25) is 4.79 Å². The van der Waals surface area contributed by atoms with Crippen LogP contribution in [0.25, 0.3) is 0 Å². The molecule has 2 aliphatic rings. The van der Waals surface area contributed by atoms with E-state index in [4.69, 9.17) is 0 Å². The zero-order valence-corrected chi connectivity index (χ0v) is 12.8. The molecule has 2 aliphatic heterocycles. The van der Waals surface area contributed by atoms with Crippen LogP contribution >= 0.6 is 22.6 Å². The average molecular weight is 373 g/mol. The molecule has 0 saturated carbocycles. The van der Waals surface area contributed by atoms with Crippen LogP contribution in [-0.2, 0) is 4.79 Å². The average Bonchev–Trinajstić information content (AvgIpc) is 2.43. The molecular formula is C15H17FINO. The summed E-state index contributed by atoms with van der Waals surface area (Å²) in [7, 11) is 0. The molecule has 0 radical (unpaired) electrons. The van der Waals surface area contributed by atoms with Gasteiger partial charge < -0.3 is 4.90 Å². The Kier molecular flexibility index (Phi) is 3.78. The Labute approximate surface area is 126 Å². The summed E-state index contributed by atoms with van der Waals surface area (Å²) in [6, 6.07) is 7.14. The molecule has 0 N–H and O–H groups in total. The summed E-state index contributed by atoms with van der Waals surface area (Å²) in [6.45, 7) is 0. The first-order valence-corrected chi connectivity index (χ1v) is 8.13. The van der Waals surface area contributed by atoms with Crippen molar-refractivity contribution in [1.29, 1.82) is 0 Å². The van der Waals surface area contributed by atoms with E-state index in [0.717, 1.165) is 32.1 Å². The Morgan fingerprint density at radius 3 is 2.74 bits per heavy atom. The minimum atomic E-state index is -0.184. The summed E-state index contributed by atoms with van der Waals surface area (Å²) < 4.78 is 14.1. The number of carbonyl (C=O) groups excluding carboxylic acids is 1. The largest absolute Gasteiger partial charge is 0.332 e. The topological polar surface area (TPSA) is 20.3 Å². The highest BCUT2D eigenvalue weighted by Gasteiger charge is 2.41. The van der Waals surface area contributed by atoms with Crippen LogP contribution < -0.4 is 0 Å². The van der Waals surface area contributed by atoms with Crippen molar-refractivity contribution in [3.8, 4) is 0 Å². The van der Waals surface area contributed by atoms with Crippen molar-refractivity contribution >= 4 is 28.5 Å². The summed E-state index contributed by atoms with van der Waals surface area (Å²) in [6.07, 6.45) is 5.06. The van der Waals surface area contributed by atoms with Gasteiger partial charge in [0.1, 0.15) is 5.82 Å². The van der Waals surface area contributed by atoms with Crippen LogP contribution in [0.4, 0.5) is 4.39 Å². The maximum absolute atomic E-state index is 14.0. The summed E-state index contributed by atoms with van der Waals surface area (Å²) in [5.41, 5.74) is 0.686. The standard InChI is InChI=1S/C15H17FINO/c16-12-6-2-1-5-11(12)14-7-3-4-10-8-9-13(17)15(19)18(10)14/h1-2,5-6,10,13-14H,3-4,7-9H2/t10-,13?,14+/m0/s1. The molecule has 3 atom stereocenters. The second-order valence-electron chi connectivity index (χ2n) is 5.41. The van der Waals surface area contributed by atoms with Crippen molar-refractivity contribution in [1.82, 2.24) is 4.90 Å². The third-order valence-electron chi connectivity index (χ3n) is 4.28. The van der Waals surface area contributed by atoms with E-state index >= 15 is 0 Å². The third-order valence-corrected chi connectivity index (χ3v) is 5.44. The number of rotatable bonds is 1. The summed E-state index contributed by atoms with van der Waals surface area (Å²) in [4.78, 5) is 14.4. The fourth-order valence-corrected chi connectivity index (χ4v) is 4.05. The summed E-state index contributed by atoms with van der Waals surface area (Å²) in [5, 5.41) is 0. The van der Waals surface area contributed by atoms with Crippen molar-refractivity contribution < 1.29 is 9.18 Å². The molecule has 0 aliphatic carbocycles. The van der Waals surface area contributed by atoms with Gasteiger partial charge in [-0.25, -0.2) is 4.39 Å². The van der Waals surface area contributed by atoms with Gasteiger partial charge in [-0.1, -0.05) is 40.8 Å². The summed E-state index contributed by atoms with van der Waals surface area (Å²) >= 11 is 2.22. The predicted octanol–water partition coefficient (Wildman–Crippen LogP) is 3.85. The first-order valence-electron chi connectivity index (χ1n) is 6.89. The third kappa shape index (κ3) is 2.39. The number of carbonyl (C=O) groups is 1. The van der Waals surface area contributed by atoms with Crippen LogP contribution in [0.15, 0.2) is 24.3 Å². The second kappa shape index (κ2) is 5.38.